The van der Waals surface area contributed by atoms with Gasteiger partial charge in [-0.15, -0.1) is 0 Å². The molecule has 100 valence electrons. The summed E-state index contributed by atoms with van der Waals surface area (Å²) in [6.07, 6.45) is 1.02. The lowest BCUT2D eigenvalue weighted by Gasteiger charge is -2.51. The van der Waals surface area contributed by atoms with Crippen LogP contribution in [-0.4, -0.2) is 18.7 Å². The van der Waals surface area contributed by atoms with Crippen molar-refractivity contribution in [2.45, 2.75) is 46.3 Å². The van der Waals surface area contributed by atoms with Crippen molar-refractivity contribution in [3.63, 3.8) is 0 Å². The predicted molar refractivity (Wildman–Crippen MR) is 71.4 cm³/mol. The number of benzene rings is 1. The van der Waals surface area contributed by atoms with Crippen LogP contribution in [0.25, 0.3) is 0 Å². The molecular formula is C15H22FNO. The molecule has 0 aromatic heterocycles. The van der Waals surface area contributed by atoms with Crippen molar-refractivity contribution >= 4 is 0 Å². The lowest BCUT2D eigenvalue weighted by Crippen LogP contribution is -2.62. The Morgan fingerprint density at radius 2 is 2.17 bits per heavy atom. The molecule has 2 atom stereocenters. The van der Waals surface area contributed by atoms with Crippen LogP contribution in [0.3, 0.4) is 0 Å². The summed E-state index contributed by atoms with van der Waals surface area (Å²) in [5.41, 5.74) is 0.680. The molecule has 2 nitrogen and oxygen atoms in total. The van der Waals surface area contributed by atoms with E-state index in [0.717, 1.165) is 13.0 Å². The molecule has 0 aliphatic heterocycles. The zero-order chi connectivity index (χ0) is 13.3. The van der Waals surface area contributed by atoms with Crippen LogP contribution >= 0.6 is 0 Å². The Kier molecular flexibility index (Phi) is 3.62. The Hall–Kier alpha value is -1.09. The molecule has 0 amide bonds. The topological polar surface area (TPSA) is 21.3 Å². The van der Waals surface area contributed by atoms with Crippen molar-refractivity contribution in [2.24, 2.45) is 5.41 Å². The van der Waals surface area contributed by atoms with Crippen LogP contribution in [0.5, 0.6) is 5.75 Å². The third-order valence-corrected chi connectivity index (χ3v) is 4.05. The summed E-state index contributed by atoms with van der Waals surface area (Å²) in [4.78, 5) is 0. The normalized spacial score (nSPS) is 25.6. The highest BCUT2D eigenvalue weighted by Crippen LogP contribution is 2.43. The first-order valence-electron chi connectivity index (χ1n) is 6.62. The Morgan fingerprint density at radius 1 is 1.44 bits per heavy atom. The average Bonchev–Trinajstić information content (AvgIpc) is 2.33. The van der Waals surface area contributed by atoms with E-state index >= 15 is 0 Å². The minimum Gasteiger partial charge on any atom is -0.487 e. The molecule has 1 aromatic rings. The van der Waals surface area contributed by atoms with Gasteiger partial charge < -0.3 is 10.1 Å². The van der Waals surface area contributed by atoms with Crippen LogP contribution in [0.4, 0.5) is 4.39 Å². The molecular weight excluding hydrogens is 229 g/mol. The van der Waals surface area contributed by atoms with Gasteiger partial charge in [-0.3, -0.25) is 0 Å². The fourth-order valence-electron chi connectivity index (χ4n) is 2.54. The van der Waals surface area contributed by atoms with E-state index in [1.165, 1.54) is 0 Å². The maximum atomic E-state index is 13.9. The van der Waals surface area contributed by atoms with Gasteiger partial charge in [-0.05, 0) is 25.1 Å². The monoisotopic (exact) mass is 251 g/mol. The molecule has 0 radical (unpaired) electrons. The molecule has 1 fully saturated rings. The van der Waals surface area contributed by atoms with Crippen LogP contribution in [0.1, 0.15) is 32.8 Å². The zero-order valence-corrected chi connectivity index (χ0v) is 11.6. The Balaban J connectivity index is 2.06. The maximum absolute atomic E-state index is 13.9. The minimum absolute atomic E-state index is 0.0478. The van der Waals surface area contributed by atoms with Crippen LogP contribution in [0.2, 0.25) is 0 Å². The van der Waals surface area contributed by atoms with E-state index in [2.05, 4.69) is 26.1 Å². The highest BCUT2D eigenvalue weighted by atomic mass is 19.1. The van der Waals surface area contributed by atoms with Crippen LogP contribution in [0.15, 0.2) is 18.2 Å². The van der Waals surface area contributed by atoms with Gasteiger partial charge in [0.25, 0.3) is 0 Å². The van der Waals surface area contributed by atoms with Gasteiger partial charge in [0.1, 0.15) is 6.10 Å². The number of rotatable bonds is 4. The fourth-order valence-corrected chi connectivity index (χ4v) is 2.54. The third-order valence-electron chi connectivity index (χ3n) is 4.05. The largest absolute Gasteiger partial charge is 0.487 e. The van der Waals surface area contributed by atoms with Gasteiger partial charge in [-0.25, -0.2) is 4.39 Å². The van der Waals surface area contributed by atoms with Crippen molar-refractivity contribution in [3.8, 4) is 5.75 Å². The molecule has 1 aromatic carbocycles. The molecule has 18 heavy (non-hydrogen) atoms. The maximum Gasteiger partial charge on any atom is 0.167 e. The summed E-state index contributed by atoms with van der Waals surface area (Å²) in [5, 5.41) is 3.44. The van der Waals surface area contributed by atoms with Gasteiger partial charge in [0, 0.05) is 17.9 Å². The first-order chi connectivity index (χ1) is 8.46. The van der Waals surface area contributed by atoms with E-state index in [4.69, 9.17) is 4.74 Å². The van der Waals surface area contributed by atoms with Gasteiger partial charge in [0.05, 0.1) is 0 Å². The van der Waals surface area contributed by atoms with Crippen molar-refractivity contribution in [1.29, 1.82) is 0 Å². The standard InChI is InChI=1S/C15H22FNO/c1-5-17-12-9-13(15(12,3)4)18-11-8-6-7-10(2)14(11)16/h6-8,12-13,17H,5,9H2,1-4H3. The number of aryl methyl sites for hydroxylation is 1. The lowest BCUT2D eigenvalue weighted by molar-refractivity contribution is -0.0558. The van der Waals surface area contributed by atoms with Gasteiger partial charge >= 0.3 is 0 Å². The molecule has 1 aliphatic rings. The number of halogens is 1. The molecule has 1 aliphatic carbocycles. The van der Waals surface area contributed by atoms with E-state index in [-0.39, 0.29) is 17.3 Å². The average molecular weight is 251 g/mol. The zero-order valence-electron chi connectivity index (χ0n) is 11.6. The summed E-state index contributed by atoms with van der Waals surface area (Å²) in [6.45, 7) is 9.16. The summed E-state index contributed by atoms with van der Waals surface area (Å²) in [7, 11) is 0. The molecule has 0 saturated heterocycles. The number of hydrogen-bond acceptors (Lipinski definition) is 2. The van der Waals surface area contributed by atoms with Crippen molar-refractivity contribution < 1.29 is 9.13 Å². The second-order valence-corrected chi connectivity index (χ2v) is 5.66. The van der Waals surface area contributed by atoms with Crippen LogP contribution < -0.4 is 10.1 Å². The Bertz CT molecular complexity index is 431. The summed E-state index contributed by atoms with van der Waals surface area (Å²) < 4.78 is 19.7. The van der Waals surface area contributed by atoms with Crippen LogP contribution in [0, 0.1) is 18.2 Å². The molecule has 1 N–H and O–H groups in total. The third kappa shape index (κ3) is 2.24. The van der Waals surface area contributed by atoms with E-state index in [1.54, 1.807) is 19.1 Å². The minimum atomic E-state index is -0.236. The lowest BCUT2D eigenvalue weighted by atomic mass is 9.64. The molecule has 3 heteroatoms. The SMILES string of the molecule is CCNC1CC(Oc2cccc(C)c2F)C1(C)C. The molecule has 2 rings (SSSR count). The summed E-state index contributed by atoms with van der Waals surface area (Å²) in [6, 6.07) is 5.76. The van der Waals surface area contributed by atoms with E-state index in [0.29, 0.717) is 17.4 Å². The highest BCUT2D eigenvalue weighted by molar-refractivity contribution is 5.31. The van der Waals surface area contributed by atoms with Gasteiger partial charge in [0.2, 0.25) is 0 Å². The van der Waals surface area contributed by atoms with E-state index in [9.17, 15) is 4.39 Å². The number of hydrogen-bond donors (Lipinski definition) is 1. The molecule has 0 heterocycles. The van der Waals surface area contributed by atoms with Gasteiger partial charge in [0.15, 0.2) is 11.6 Å². The molecule has 2 unspecified atom stereocenters. The first kappa shape index (κ1) is 13.3. The van der Waals surface area contributed by atoms with E-state index < -0.39 is 0 Å². The second-order valence-electron chi connectivity index (χ2n) is 5.66. The van der Waals surface area contributed by atoms with Crippen molar-refractivity contribution in [1.82, 2.24) is 5.32 Å². The van der Waals surface area contributed by atoms with Crippen LogP contribution in [-0.2, 0) is 0 Å². The number of ether oxygens (including phenoxy) is 1. The first-order valence-corrected chi connectivity index (χ1v) is 6.62. The van der Waals surface area contributed by atoms with Gasteiger partial charge in [-0.1, -0.05) is 32.9 Å². The van der Waals surface area contributed by atoms with E-state index in [1.807, 2.05) is 6.07 Å². The quantitative estimate of drug-likeness (QED) is 0.886. The molecule has 0 spiro atoms. The second kappa shape index (κ2) is 4.88. The Labute approximate surface area is 109 Å². The van der Waals surface area contributed by atoms with Crippen molar-refractivity contribution in [2.75, 3.05) is 6.54 Å². The molecule has 0 bridgehead atoms. The fraction of sp³-hybridized carbons (Fsp3) is 0.600. The smallest absolute Gasteiger partial charge is 0.167 e. The van der Waals surface area contributed by atoms with Crippen molar-refractivity contribution in [3.05, 3.63) is 29.6 Å². The highest BCUT2D eigenvalue weighted by Gasteiger charge is 2.49. The predicted octanol–water partition coefficient (Wildman–Crippen LogP) is 3.29. The van der Waals surface area contributed by atoms with Gasteiger partial charge in [-0.2, -0.15) is 0 Å². The summed E-state index contributed by atoms with van der Waals surface area (Å²) >= 11 is 0. The summed E-state index contributed by atoms with van der Waals surface area (Å²) in [5.74, 6) is 0.142. The number of nitrogens with one attached hydrogen (secondary N) is 1. The Morgan fingerprint density at radius 3 is 2.78 bits per heavy atom. The molecule has 1 saturated carbocycles.